The van der Waals surface area contributed by atoms with Crippen molar-refractivity contribution in [2.75, 3.05) is 16.8 Å². The molecule has 0 bridgehead atoms. The molecule has 0 heterocycles. The van der Waals surface area contributed by atoms with Crippen LogP contribution in [0.25, 0.3) is 16.7 Å². The van der Waals surface area contributed by atoms with Crippen LogP contribution in [0.3, 0.4) is 0 Å². The SMILES string of the molecule is C=C/C=C(\C=C)c1ccc(N(c2ccccc2)c2ccc(N(C)c3ccc(-c4ccccc4)cc3)cc2)cc1. The average molecular weight is 505 g/mol. The van der Waals surface area contributed by atoms with Gasteiger partial charge in [-0.05, 0) is 82.9 Å². The Balaban J connectivity index is 1.42. The Bertz CT molecular complexity index is 1550. The van der Waals surface area contributed by atoms with E-state index in [0.29, 0.717) is 0 Å². The molecule has 5 aromatic carbocycles. The molecule has 0 aliphatic heterocycles. The van der Waals surface area contributed by atoms with Crippen LogP contribution < -0.4 is 9.80 Å². The predicted molar refractivity (Wildman–Crippen MR) is 169 cm³/mol. The summed E-state index contributed by atoms with van der Waals surface area (Å²) in [4.78, 5) is 4.48. The molecule has 5 aromatic rings. The molecule has 190 valence electrons. The molecule has 0 N–H and O–H groups in total. The Labute approximate surface area is 232 Å². The van der Waals surface area contributed by atoms with Crippen molar-refractivity contribution < 1.29 is 0 Å². The molecule has 0 aliphatic carbocycles. The Kier molecular flexibility index (Phi) is 7.85. The number of hydrogen-bond acceptors (Lipinski definition) is 2. The lowest BCUT2D eigenvalue weighted by Crippen LogP contribution is -2.12. The van der Waals surface area contributed by atoms with Gasteiger partial charge >= 0.3 is 0 Å². The molecule has 0 aromatic heterocycles. The van der Waals surface area contributed by atoms with Crippen molar-refractivity contribution in [1.29, 1.82) is 0 Å². The molecular formula is C37H32N2. The van der Waals surface area contributed by atoms with Gasteiger partial charge in [-0.25, -0.2) is 0 Å². The van der Waals surface area contributed by atoms with Gasteiger partial charge in [0.1, 0.15) is 0 Å². The van der Waals surface area contributed by atoms with Crippen molar-refractivity contribution in [2.45, 2.75) is 0 Å². The summed E-state index contributed by atoms with van der Waals surface area (Å²) in [6.45, 7) is 7.76. The van der Waals surface area contributed by atoms with Crippen molar-refractivity contribution in [3.63, 3.8) is 0 Å². The summed E-state index contributed by atoms with van der Waals surface area (Å²) in [5, 5.41) is 0. The monoisotopic (exact) mass is 504 g/mol. The van der Waals surface area contributed by atoms with Gasteiger partial charge in [0.05, 0.1) is 0 Å². The second-order valence-electron chi connectivity index (χ2n) is 9.27. The van der Waals surface area contributed by atoms with Gasteiger partial charge in [-0.3, -0.25) is 0 Å². The quantitative estimate of drug-likeness (QED) is 0.184. The van der Waals surface area contributed by atoms with E-state index < -0.39 is 0 Å². The Morgan fingerprint density at radius 3 is 1.49 bits per heavy atom. The van der Waals surface area contributed by atoms with Gasteiger partial charge in [-0.1, -0.05) is 104 Å². The smallest absolute Gasteiger partial charge is 0.0463 e. The zero-order chi connectivity index (χ0) is 27.0. The molecule has 2 nitrogen and oxygen atoms in total. The van der Waals surface area contributed by atoms with Crippen LogP contribution in [-0.4, -0.2) is 7.05 Å². The summed E-state index contributed by atoms with van der Waals surface area (Å²) in [5.74, 6) is 0. The van der Waals surface area contributed by atoms with Crippen LogP contribution in [0.2, 0.25) is 0 Å². The lowest BCUT2D eigenvalue weighted by molar-refractivity contribution is 1.20. The molecule has 0 fully saturated rings. The van der Waals surface area contributed by atoms with E-state index in [0.717, 1.165) is 39.6 Å². The van der Waals surface area contributed by atoms with Crippen molar-refractivity contribution in [3.05, 3.63) is 170 Å². The fourth-order valence-corrected chi connectivity index (χ4v) is 4.72. The molecule has 0 saturated carbocycles. The van der Waals surface area contributed by atoms with E-state index in [4.69, 9.17) is 0 Å². The highest BCUT2D eigenvalue weighted by Crippen LogP contribution is 2.36. The van der Waals surface area contributed by atoms with Crippen LogP contribution in [-0.2, 0) is 0 Å². The zero-order valence-corrected chi connectivity index (χ0v) is 22.2. The zero-order valence-electron chi connectivity index (χ0n) is 22.2. The van der Waals surface area contributed by atoms with Crippen molar-refractivity contribution in [2.24, 2.45) is 0 Å². The molecular weight excluding hydrogens is 472 g/mol. The Hall–Kier alpha value is -5.08. The molecule has 0 spiro atoms. The van der Waals surface area contributed by atoms with E-state index in [1.165, 1.54) is 11.1 Å². The van der Waals surface area contributed by atoms with Gasteiger partial charge in [0, 0.05) is 35.5 Å². The highest BCUT2D eigenvalue weighted by Gasteiger charge is 2.13. The third-order valence-electron chi connectivity index (χ3n) is 6.85. The van der Waals surface area contributed by atoms with E-state index in [9.17, 15) is 0 Å². The molecule has 0 aliphatic rings. The van der Waals surface area contributed by atoms with Gasteiger partial charge < -0.3 is 9.80 Å². The van der Waals surface area contributed by atoms with Gasteiger partial charge in [0.25, 0.3) is 0 Å². The van der Waals surface area contributed by atoms with E-state index >= 15 is 0 Å². The van der Waals surface area contributed by atoms with Crippen LogP contribution in [0, 0.1) is 0 Å². The number of nitrogens with zero attached hydrogens (tertiary/aromatic N) is 2. The molecule has 39 heavy (non-hydrogen) atoms. The number of para-hydroxylation sites is 1. The van der Waals surface area contributed by atoms with Crippen LogP contribution in [0.1, 0.15) is 5.56 Å². The number of benzene rings is 5. The maximum atomic E-state index is 3.94. The lowest BCUT2D eigenvalue weighted by atomic mass is 10.0. The van der Waals surface area contributed by atoms with Crippen LogP contribution >= 0.6 is 0 Å². The first-order valence-corrected chi connectivity index (χ1v) is 13.1. The van der Waals surface area contributed by atoms with Crippen molar-refractivity contribution >= 4 is 34.0 Å². The predicted octanol–water partition coefficient (Wildman–Crippen LogP) is 10.3. The summed E-state index contributed by atoms with van der Waals surface area (Å²) >= 11 is 0. The topological polar surface area (TPSA) is 6.48 Å². The minimum absolute atomic E-state index is 1.05. The van der Waals surface area contributed by atoms with Gasteiger partial charge in [0.2, 0.25) is 0 Å². The summed E-state index contributed by atoms with van der Waals surface area (Å²) in [7, 11) is 2.11. The molecule has 0 atom stereocenters. The summed E-state index contributed by atoms with van der Waals surface area (Å²) in [6.07, 6.45) is 5.62. The maximum Gasteiger partial charge on any atom is 0.0463 e. The van der Waals surface area contributed by atoms with Gasteiger partial charge in [-0.2, -0.15) is 0 Å². The first-order chi connectivity index (χ1) is 19.2. The van der Waals surface area contributed by atoms with E-state index in [-0.39, 0.29) is 0 Å². The highest BCUT2D eigenvalue weighted by atomic mass is 15.1. The van der Waals surface area contributed by atoms with Gasteiger partial charge in [0.15, 0.2) is 0 Å². The average Bonchev–Trinajstić information content (AvgIpc) is 3.01. The molecule has 0 radical (unpaired) electrons. The lowest BCUT2D eigenvalue weighted by Gasteiger charge is -2.27. The largest absolute Gasteiger partial charge is 0.345 e. The number of hydrogen-bond donors (Lipinski definition) is 0. The minimum Gasteiger partial charge on any atom is -0.345 e. The van der Waals surface area contributed by atoms with Gasteiger partial charge in [-0.15, -0.1) is 0 Å². The summed E-state index contributed by atoms with van der Waals surface area (Å²) < 4.78 is 0. The van der Waals surface area contributed by atoms with E-state index in [1.54, 1.807) is 6.08 Å². The Morgan fingerprint density at radius 1 is 0.513 bits per heavy atom. The third kappa shape index (κ3) is 5.76. The molecule has 0 amide bonds. The Morgan fingerprint density at radius 2 is 0.949 bits per heavy atom. The molecule has 2 heteroatoms. The second-order valence-corrected chi connectivity index (χ2v) is 9.27. The number of allylic oxidation sites excluding steroid dienone is 4. The third-order valence-corrected chi connectivity index (χ3v) is 6.85. The minimum atomic E-state index is 1.05. The summed E-state index contributed by atoms with van der Waals surface area (Å²) in [5.41, 5.74) is 10.1. The van der Waals surface area contributed by atoms with Crippen molar-refractivity contribution in [1.82, 2.24) is 0 Å². The number of anilines is 5. The van der Waals surface area contributed by atoms with Crippen LogP contribution in [0.5, 0.6) is 0 Å². The van der Waals surface area contributed by atoms with Crippen LogP contribution in [0.15, 0.2) is 165 Å². The molecule has 0 saturated heterocycles. The molecule has 5 rings (SSSR count). The standard InChI is InChI=1S/C37H32N2/c1-4-12-29(5-2)31-19-23-36(24-20-31)39(35-15-10-7-11-16-35)37-27-25-34(26-28-37)38(3)33-21-17-32(18-22-33)30-13-8-6-9-14-30/h4-28H,1-2H2,3H3/b29-12+. The number of rotatable bonds is 9. The normalized spacial score (nSPS) is 11.1. The first-order valence-electron chi connectivity index (χ1n) is 13.1. The van der Waals surface area contributed by atoms with Crippen LogP contribution in [0.4, 0.5) is 28.4 Å². The van der Waals surface area contributed by atoms with E-state index in [2.05, 4.69) is 151 Å². The fourth-order valence-electron chi connectivity index (χ4n) is 4.72. The highest BCUT2D eigenvalue weighted by molar-refractivity contribution is 5.81. The maximum absolute atomic E-state index is 3.94. The second kappa shape index (κ2) is 12.0. The molecule has 0 unspecified atom stereocenters. The fraction of sp³-hybridized carbons (Fsp3) is 0.0270. The first kappa shape index (κ1) is 25.6. The summed E-state index contributed by atoms with van der Waals surface area (Å²) in [6, 6.07) is 46.9. The van der Waals surface area contributed by atoms with E-state index in [1.807, 2.05) is 24.3 Å². The van der Waals surface area contributed by atoms with Crippen molar-refractivity contribution in [3.8, 4) is 11.1 Å².